The minimum absolute atomic E-state index is 0.0875. The third kappa shape index (κ3) is 6.26. The van der Waals surface area contributed by atoms with Crippen LogP contribution in [0.25, 0.3) is 0 Å². The quantitative estimate of drug-likeness (QED) is 0.0971. The fourth-order valence-corrected chi connectivity index (χ4v) is 2.21. The van der Waals surface area contributed by atoms with Gasteiger partial charge in [0, 0.05) is 6.54 Å². The number of hydrogen-bond acceptors (Lipinski definition) is 6. The molecule has 0 radical (unpaired) electrons. The molecule has 0 spiro atoms. The van der Waals surface area contributed by atoms with E-state index < -0.39 is 54.8 Å². The molecule has 1 aliphatic heterocycles. The van der Waals surface area contributed by atoms with Crippen LogP contribution in [0.3, 0.4) is 0 Å². The Kier molecular flexibility index (Phi) is 7.31. The fraction of sp³-hybridized carbons (Fsp3) is 0.538. The molecule has 9 N–H and O–H groups in total. The molecule has 0 aromatic rings. The van der Waals surface area contributed by atoms with E-state index in [2.05, 4.69) is 15.6 Å². The number of nitrogens with two attached hydrogens (primary N) is 3. The standard InChI is InChI=1S/C13H21N7O6/c14-10(24)7(4-9(22)23)18-8(21)5-20-11(25)6(19-13(20)26)2-1-3-17-12(15)16/h6-7H,1-5H2,(H2,14,24)(H,18,21)(H,19,26)(H,22,23)(H4,15,16,17)/t6-,7-/m0/s1. The lowest BCUT2D eigenvalue weighted by atomic mass is 10.1. The van der Waals surface area contributed by atoms with Crippen LogP contribution in [0.4, 0.5) is 4.79 Å². The number of carboxylic acids is 1. The molecule has 13 nitrogen and oxygen atoms in total. The Bertz CT molecular complexity index is 630. The van der Waals surface area contributed by atoms with Crippen LogP contribution in [-0.4, -0.2) is 70.9 Å². The zero-order valence-corrected chi connectivity index (χ0v) is 13.8. The first kappa shape index (κ1) is 20.7. The summed E-state index contributed by atoms with van der Waals surface area (Å²) in [4.78, 5) is 62.1. The molecule has 144 valence electrons. The lowest BCUT2D eigenvalue weighted by molar-refractivity contribution is -0.140. The Morgan fingerprint density at radius 3 is 2.46 bits per heavy atom. The second-order valence-corrected chi connectivity index (χ2v) is 5.50. The zero-order chi connectivity index (χ0) is 19.9. The lowest BCUT2D eigenvalue weighted by Gasteiger charge is -2.16. The average Bonchev–Trinajstić information content (AvgIpc) is 2.77. The van der Waals surface area contributed by atoms with Gasteiger partial charge < -0.3 is 32.9 Å². The molecule has 0 aliphatic carbocycles. The Hall–Kier alpha value is -3.38. The Balaban J connectivity index is 2.57. The van der Waals surface area contributed by atoms with E-state index in [0.717, 1.165) is 0 Å². The molecule has 1 fully saturated rings. The van der Waals surface area contributed by atoms with Crippen molar-refractivity contribution in [3.63, 3.8) is 0 Å². The normalized spacial score (nSPS) is 17.4. The minimum Gasteiger partial charge on any atom is -0.481 e. The van der Waals surface area contributed by atoms with Crippen LogP contribution in [0.15, 0.2) is 4.99 Å². The third-order valence-electron chi connectivity index (χ3n) is 3.41. The van der Waals surface area contributed by atoms with Crippen LogP contribution in [0.5, 0.6) is 0 Å². The van der Waals surface area contributed by atoms with E-state index in [0.29, 0.717) is 11.3 Å². The molecule has 0 bridgehead atoms. The van der Waals surface area contributed by atoms with E-state index in [1.165, 1.54) is 0 Å². The molecule has 1 rings (SSSR count). The van der Waals surface area contributed by atoms with Gasteiger partial charge in [-0.1, -0.05) is 0 Å². The fourth-order valence-electron chi connectivity index (χ4n) is 2.21. The predicted octanol–water partition coefficient (Wildman–Crippen LogP) is -3.59. The molecule has 1 saturated heterocycles. The molecule has 5 amide bonds. The number of aliphatic imine (C=N–C) groups is 1. The topological polar surface area (TPSA) is 223 Å². The SMILES string of the molecule is NC(=O)[C@H](CC(=O)O)NC(=O)CN1C(=O)N[C@@H](CCCN=C(N)N)C1=O. The van der Waals surface area contributed by atoms with Gasteiger partial charge in [-0.25, -0.2) is 4.79 Å². The number of urea groups is 1. The van der Waals surface area contributed by atoms with Gasteiger partial charge in [-0.15, -0.1) is 0 Å². The van der Waals surface area contributed by atoms with Crippen LogP contribution in [0.1, 0.15) is 19.3 Å². The van der Waals surface area contributed by atoms with Crippen LogP contribution in [0.2, 0.25) is 0 Å². The number of imide groups is 1. The molecular formula is C13H21N7O6. The maximum Gasteiger partial charge on any atom is 0.325 e. The van der Waals surface area contributed by atoms with Gasteiger partial charge in [-0.3, -0.25) is 29.1 Å². The number of aliphatic carboxylic acids is 1. The van der Waals surface area contributed by atoms with Gasteiger partial charge in [0.15, 0.2) is 5.96 Å². The van der Waals surface area contributed by atoms with E-state index in [4.69, 9.17) is 22.3 Å². The summed E-state index contributed by atoms with van der Waals surface area (Å²) in [5, 5.41) is 13.2. The van der Waals surface area contributed by atoms with Crippen molar-refractivity contribution in [3.8, 4) is 0 Å². The summed E-state index contributed by atoms with van der Waals surface area (Å²) in [7, 11) is 0. The summed E-state index contributed by atoms with van der Waals surface area (Å²) in [5.41, 5.74) is 15.3. The van der Waals surface area contributed by atoms with E-state index in [1.807, 2.05) is 0 Å². The number of carbonyl (C=O) groups excluding carboxylic acids is 4. The zero-order valence-electron chi connectivity index (χ0n) is 13.8. The predicted molar refractivity (Wildman–Crippen MR) is 87.3 cm³/mol. The van der Waals surface area contributed by atoms with Crippen molar-refractivity contribution in [3.05, 3.63) is 0 Å². The van der Waals surface area contributed by atoms with Gasteiger partial charge in [-0.2, -0.15) is 0 Å². The van der Waals surface area contributed by atoms with Gasteiger partial charge in [0.05, 0.1) is 6.42 Å². The second kappa shape index (κ2) is 9.19. The number of carboxylic acid groups (broad SMARTS) is 1. The van der Waals surface area contributed by atoms with Gasteiger partial charge in [0.25, 0.3) is 5.91 Å². The average molecular weight is 371 g/mol. The highest BCUT2D eigenvalue weighted by molar-refractivity contribution is 6.06. The van der Waals surface area contributed by atoms with Crippen molar-refractivity contribution in [2.24, 2.45) is 22.2 Å². The summed E-state index contributed by atoms with van der Waals surface area (Å²) in [6, 6.07) is -3.04. The van der Waals surface area contributed by atoms with Crippen molar-refractivity contribution >= 4 is 35.7 Å². The highest BCUT2D eigenvalue weighted by atomic mass is 16.4. The number of amides is 5. The molecular weight excluding hydrogens is 350 g/mol. The molecule has 1 aliphatic rings. The first-order chi connectivity index (χ1) is 12.1. The molecule has 0 aromatic heterocycles. The second-order valence-electron chi connectivity index (χ2n) is 5.50. The molecule has 0 unspecified atom stereocenters. The molecule has 2 atom stereocenters. The van der Waals surface area contributed by atoms with Gasteiger partial charge in [0.1, 0.15) is 18.6 Å². The van der Waals surface area contributed by atoms with Crippen molar-refractivity contribution in [1.82, 2.24) is 15.5 Å². The number of carbonyl (C=O) groups is 5. The number of primary amides is 1. The Labute approximate surface area is 147 Å². The number of nitrogens with zero attached hydrogens (tertiary/aromatic N) is 2. The van der Waals surface area contributed by atoms with Gasteiger partial charge >= 0.3 is 12.0 Å². The Morgan fingerprint density at radius 2 is 1.92 bits per heavy atom. The van der Waals surface area contributed by atoms with Crippen molar-refractivity contribution in [1.29, 1.82) is 0 Å². The van der Waals surface area contributed by atoms with Crippen molar-refractivity contribution in [2.75, 3.05) is 13.1 Å². The number of rotatable bonds is 10. The van der Waals surface area contributed by atoms with E-state index in [9.17, 15) is 24.0 Å². The summed E-state index contributed by atoms with van der Waals surface area (Å²) in [6.07, 6.45) is -0.0198. The number of hydrogen-bond donors (Lipinski definition) is 6. The minimum atomic E-state index is -1.45. The van der Waals surface area contributed by atoms with E-state index in [1.54, 1.807) is 0 Å². The maximum absolute atomic E-state index is 12.2. The molecule has 1 heterocycles. The largest absolute Gasteiger partial charge is 0.481 e. The summed E-state index contributed by atoms with van der Waals surface area (Å²) in [5.74, 6) is -3.99. The molecule has 26 heavy (non-hydrogen) atoms. The molecule has 0 aromatic carbocycles. The number of nitrogens with one attached hydrogen (secondary N) is 2. The van der Waals surface area contributed by atoms with Crippen LogP contribution in [-0.2, 0) is 19.2 Å². The van der Waals surface area contributed by atoms with Crippen LogP contribution >= 0.6 is 0 Å². The Morgan fingerprint density at radius 1 is 1.27 bits per heavy atom. The van der Waals surface area contributed by atoms with Crippen molar-refractivity contribution < 1.29 is 29.1 Å². The van der Waals surface area contributed by atoms with Crippen molar-refractivity contribution in [2.45, 2.75) is 31.3 Å². The lowest BCUT2D eigenvalue weighted by Crippen LogP contribution is -2.49. The number of guanidine groups is 1. The first-order valence-electron chi connectivity index (χ1n) is 7.59. The van der Waals surface area contributed by atoms with Crippen LogP contribution < -0.4 is 27.8 Å². The van der Waals surface area contributed by atoms with E-state index >= 15 is 0 Å². The molecule has 0 saturated carbocycles. The summed E-state index contributed by atoms with van der Waals surface area (Å²) < 4.78 is 0. The highest BCUT2D eigenvalue weighted by Crippen LogP contribution is 2.11. The van der Waals surface area contributed by atoms with Crippen LogP contribution in [0, 0.1) is 0 Å². The first-order valence-corrected chi connectivity index (χ1v) is 7.59. The molecule has 13 heteroatoms. The summed E-state index contributed by atoms with van der Waals surface area (Å²) in [6.45, 7) is -0.392. The third-order valence-corrected chi connectivity index (χ3v) is 3.41. The maximum atomic E-state index is 12.2. The van der Waals surface area contributed by atoms with Gasteiger partial charge in [0.2, 0.25) is 11.8 Å². The monoisotopic (exact) mass is 371 g/mol. The van der Waals surface area contributed by atoms with E-state index in [-0.39, 0.29) is 18.9 Å². The van der Waals surface area contributed by atoms with Gasteiger partial charge in [-0.05, 0) is 12.8 Å². The summed E-state index contributed by atoms with van der Waals surface area (Å²) >= 11 is 0. The smallest absolute Gasteiger partial charge is 0.325 e. The highest BCUT2D eigenvalue weighted by Gasteiger charge is 2.38.